The van der Waals surface area contributed by atoms with Crippen LogP contribution in [0.5, 0.6) is 0 Å². The summed E-state index contributed by atoms with van der Waals surface area (Å²) in [7, 11) is 0. The number of likely N-dealkylation sites (tertiary alicyclic amines) is 1. The highest BCUT2D eigenvalue weighted by Crippen LogP contribution is 2.18. The number of amides is 1. The Morgan fingerprint density at radius 2 is 1.87 bits per heavy atom. The van der Waals surface area contributed by atoms with Crippen molar-refractivity contribution in [2.75, 3.05) is 13.1 Å². The van der Waals surface area contributed by atoms with Crippen molar-refractivity contribution < 1.29 is 4.79 Å². The van der Waals surface area contributed by atoms with Crippen molar-refractivity contribution in [2.24, 2.45) is 0 Å². The van der Waals surface area contributed by atoms with Crippen LogP contribution < -0.4 is 5.56 Å². The number of carbonyl (C=O) groups excluding carboxylic acids is 1. The van der Waals surface area contributed by atoms with Crippen LogP contribution >= 0.6 is 0 Å². The number of pyridine rings is 1. The molecule has 0 saturated carbocycles. The van der Waals surface area contributed by atoms with Gasteiger partial charge in [0.05, 0.1) is 0 Å². The molecule has 122 valence electrons. The molecule has 1 aromatic heterocycles. The van der Waals surface area contributed by atoms with Crippen molar-refractivity contribution in [3.8, 4) is 0 Å². The molecule has 4 nitrogen and oxygen atoms in total. The molecule has 1 aliphatic heterocycles. The summed E-state index contributed by atoms with van der Waals surface area (Å²) in [5.41, 5.74) is 1.55. The first-order chi connectivity index (χ1) is 11.1. The van der Waals surface area contributed by atoms with Gasteiger partial charge < -0.3 is 9.47 Å². The zero-order chi connectivity index (χ0) is 16.4. The fraction of sp³-hybridized carbons (Fsp3) is 0.474. The van der Waals surface area contributed by atoms with E-state index in [4.69, 9.17) is 0 Å². The maximum atomic E-state index is 12.9. The minimum absolute atomic E-state index is 0.00211. The summed E-state index contributed by atoms with van der Waals surface area (Å²) in [6, 6.07) is 7.73. The summed E-state index contributed by atoms with van der Waals surface area (Å²) in [6.07, 6.45) is 4.12. The molecule has 23 heavy (non-hydrogen) atoms. The predicted molar refractivity (Wildman–Crippen MR) is 93.0 cm³/mol. The molecule has 0 unspecified atom stereocenters. The van der Waals surface area contributed by atoms with Gasteiger partial charge in [-0.3, -0.25) is 9.59 Å². The summed E-state index contributed by atoms with van der Waals surface area (Å²) in [4.78, 5) is 27.7. The van der Waals surface area contributed by atoms with Crippen molar-refractivity contribution >= 4 is 16.7 Å². The first-order valence-corrected chi connectivity index (χ1v) is 8.55. The standard InChI is InChI=1S/C19H24N2O2/c1-3-9-21-17(19(23)20-10-5-4-6-11-20)13-15-8-7-14(2)12-16(15)18(21)22/h7-8,12-13H,3-6,9-11H2,1-2H3. The topological polar surface area (TPSA) is 42.3 Å². The van der Waals surface area contributed by atoms with Crippen LogP contribution in [0.2, 0.25) is 0 Å². The number of hydrogen-bond donors (Lipinski definition) is 0. The van der Waals surface area contributed by atoms with Crippen molar-refractivity contribution in [3.05, 3.63) is 45.9 Å². The molecule has 2 aromatic rings. The van der Waals surface area contributed by atoms with Gasteiger partial charge in [0.15, 0.2) is 0 Å². The van der Waals surface area contributed by atoms with Crippen molar-refractivity contribution in [1.82, 2.24) is 9.47 Å². The SMILES string of the molecule is CCCn1c(C(=O)N2CCCCC2)cc2ccc(C)cc2c1=O. The van der Waals surface area contributed by atoms with E-state index in [-0.39, 0.29) is 11.5 Å². The molecule has 0 aliphatic carbocycles. The third-order valence-corrected chi connectivity index (χ3v) is 4.58. The van der Waals surface area contributed by atoms with Gasteiger partial charge in [-0.2, -0.15) is 0 Å². The fourth-order valence-corrected chi connectivity index (χ4v) is 3.34. The lowest BCUT2D eigenvalue weighted by atomic mass is 10.1. The summed E-state index contributed by atoms with van der Waals surface area (Å²) < 4.78 is 1.67. The van der Waals surface area contributed by atoms with E-state index in [2.05, 4.69) is 0 Å². The molecule has 1 saturated heterocycles. The van der Waals surface area contributed by atoms with E-state index in [1.54, 1.807) is 4.57 Å². The van der Waals surface area contributed by atoms with Gasteiger partial charge in [-0.05, 0) is 50.1 Å². The average molecular weight is 312 g/mol. The average Bonchev–Trinajstić information content (AvgIpc) is 2.58. The minimum atomic E-state index is -0.0478. The number of aromatic nitrogens is 1. The summed E-state index contributed by atoms with van der Waals surface area (Å²) in [6.45, 7) is 6.19. The number of piperidine rings is 1. The van der Waals surface area contributed by atoms with Gasteiger partial charge >= 0.3 is 0 Å². The monoisotopic (exact) mass is 312 g/mol. The third kappa shape index (κ3) is 3.03. The molecule has 0 radical (unpaired) electrons. The number of fused-ring (bicyclic) bond motifs is 1. The van der Waals surface area contributed by atoms with Crippen molar-refractivity contribution in [3.63, 3.8) is 0 Å². The smallest absolute Gasteiger partial charge is 0.270 e. The van der Waals surface area contributed by atoms with E-state index < -0.39 is 0 Å². The largest absolute Gasteiger partial charge is 0.337 e. The maximum absolute atomic E-state index is 12.9. The van der Waals surface area contributed by atoms with Gasteiger partial charge in [0.1, 0.15) is 5.69 Å². The van der Waals surface area contributed by atoms with E-state index in [1.165, 1.54) is 6.42 Å². The molecule has 3 rings (SSSR count). The summed E-state index contributed by atoms with van der Waals surface area (Å²) in [5, 5.41) is 1.56. The Hall–Kier alpha value is -2.10. The molecule has 0 atom stereocenters. The number of benzene rings is 1. The molecular formula is C19H24N2O2. The van der Waals surface area contributed by atoms with Crippen LogP contribution in [-0.4, -0.2) is 28.5 Å². The summed E-state index contributed by atoms with van der Waals surface area (Å²) >= 11 is 0. The second-order valence-corrected chi connectivity index (χ2v) is 6.43. The van der Waals surface area contributed by atoms with Gasteiger partial charge in [0, 0.05) is 25.0 Å². The van der Waals surface area contributed by atoms with Crippen LogP contribution in [-0.2, 0) is 6.54 Å². The van der Waals surface area contributed by atoms with Crippen LogP contribution in [0.15, 0.2) is 29.1 Å². The lowest BCUT2D eigenvalue weighted by molar-refractivity contribution is 0.0712. The first-order valence-electron chi connectivity index (χ1n) is 8.55. The Morgan fingerprint density at radius 3 is 2.57 bits per heavy atom. The number of hydrogen-bond acceptors (Lipinski definition) is 2. The molecular weight excluding hydrogens is 288 g/mol. The van der Waals surface area contributed by atoms with Gasteiger partial charge in [0.25, 0.3) is 11.5 Å². The number of nitrogens with zero attached hydrogens (tertiary/aromatic N) is 2. The first kappa shape index (κ1) is 15.8. The van der Waals surface area contributed by atoms with E-state index in [0.29, 0.717) is 17.6 Å². The van der Waals surface area contributed by atoms with E-state index in [9.17, 15) is 9.59 Å². The van der Waals surface area contributed by atoms with Crippen molar-refractivity contribution in [1.29, 1.82) is 0 Å². The zero-order valence-corrected chi connectivity index (χ0v) is 14.0. The Labute approximate surface area is 136 Å². The van der Waals surface area contributed by atoms with E-state index >= 15 is 0 Å². The van der Waals surface area contributed by atoms with Crippen LogP contribution in [0, 0.1) is 6.92 Å². The maximum Gasteiger partial charge on any atom is 0.270 e. The molecule has 4 heteroatoms. The minimum Gasteiger partial charge on any atom is -0.337 e. The lowest BCUT2D eigenvalue weighted by Gasteiger charge is -2.28. The van der Waals surface area contributed by atoms with E-state index in [0.717, 1.165) is 43.3 Å². The quantitative estimate of drug-likeness (QED) is 0.872. The Kier molecular flexibility index (Phi) is 4.51. The predicted octanol–water partition coefficient (Wildman–Crippen LogP) is 3.35. The second kappa shape index (κ2) is 6.57. The Bertz CT molecular complexity index is 786. The number of aryl methyl sites for hydroxylation is 1. The molecule has 0 spiro atoms. The van der Waals surface area contributed by atoms with Gasteiger partial charge in [-0.1, -0.05) is 24.6 Å². The molecule has 1 amide bonds. The summed E-state index contributed by atoms with van der Waals surface area (Å²) in [5.74, 6) is -0.00211. The molecule has 2 heterocycles. The van der Waals surface area contributed by atoms with Gasteiger partial charge in [-0.15, -0.1) is 0 Å². The molecule has 0 bridgehead atoms. The Balaban J connectivity index is 2.14. The normalized spacial score (nSPS) is 15.1. The molecule has 1 aromatic carbocycles. The van der Waals surface area contributed by atoms with Crippen LogP contribution in [0.1, 0.15) is 48.7 Å². The molecule has 0 N–H and O–H groups in total. The zero-order valence-electron chi connectivity index (χ0n) is 14.0. The molecule has 1 aliphatic rings. The van der Waals surface area contributed by atoms with Gasteiger partial charge in [0.2, 0.25) is 0 Å². The fourth-order valence-electron chi connectivity index (χ4n) is 3.34. The van der Waals surface area contributed by atoms with Crippen molar-refractivity contribution in [2.45, 2.75) is 46.1 Å². The number of rotatable bonds is 3. The van der Waals surface area contributed by atoms with Crippen LogP contribution in [0.4, 0.5) is 0 Å². The third-order valence-electron chi connectivity index (χ3n) is 4.58. The lowest BCUT2D eigenvalue weighted by Crippen LogP contribution is -2.39. The second-order valence-electron chi connectivity index (χ2n) is 6.43. The highest BCUT2D eigenvalue weighted by molar-refractivity contribution is 5.96. The van der Waals surface area contributed by atoms with Gasteiger partial charge in [-0.25, -0.2) is 0 Å². The van der Waals surface area contributed by atoms with E-state index in [1.807, 2.05) is 43.0 Å². The van der Waals surface area contributed by atoms with Crippen LogP contribution in [0.3, 0.4) is 0 Å². The highest BCUT2D eigenvalue weighted by Gasteiger charge is 2.22. The molecule has 1 fully saturated rings. The number of carbonyl (C=O) groups is 1. The van der Waals surface area contributed by atoms with Crippen LogP contribution in [0.25, 0.3) is 10.8 Å². The Morgan fingerprint density at radius 1 is 1.13 bits per heavy atom. The highest BCUT2D eigenvalue weighted by atomic mass is 16.2.